The molecule has 11 heteroatoms. The Bertz CT molecular complexity index is 1040. The zero-order chi connectivity index (χ0) is 21.7. The molecule has 0 unspecified atom stereocenters. The fraction of sp³-hybridized carbons (Fsp3) is 0.263. The van der Waals surface area contributed by atoms with E-state index in [1.165, 1.54) is 46.8 Å². The first-order chi connectivity index (χ1) is 14.3. The third-order valence-corrected chi connectivity index (χ3v) is 6.71. The van der Waals surface area contributed by atoms with E-state index in [0.29, 0.717) is 18.2 Å². The van der Waals surface area contributed by atoms with Crippen molar-refractivity contribution in [3.8, 4) is 0 Å². The number of amides is 1. The molecule has 0 aliphatic carbocycles. The summed E-state index contributed by atoms with van der Waals surface area (Å²) in [5.74, 6) is -1.36. The maximum Gasteiger partial charge on any atom is 0.338 e. The van der Waals surface area contributed by atoms with Crippen molar-refractivity contribution in [3.63, 3.8) is 0 Å². The highest BCUT2D eigenvalue weighted by atomic mass is 35.5. The summed E-state index contributed by atoms with van der Waals surface area (Å²) >= 11 is 11.8. The minimum absolute atomic E-state index is 0.0118. The maximum absolute atomic E-state index is 12.8. The fourth-order valence-electron chi connectivity index (χ4n) is 2.68. The van der Waals surface area contributed by atoms with Gasteiger partial charge in [0.2, 0.25) is 10.0 Å². The van der Waals surface area contributed by atoms with Crippen LogP contribution in [0.25, 0.3) is 0 Å². The van der Waals surface area contributed by atoms with Crippen LogP contribution in [-0.4, -0.2) is 57.5 Å². The first kappa shape index (κ1) is 22.5. The molecular formula is C19H18Cl2N2O6S. The molecule has 0 atom stereocenters. The van der Waals surface area contributed by atoms with Crippen molar-refractivity contribution >= 4 is 50.8 Å². The van der Waals surface area contributed by atoms with Crippen molar-refractivity contribution in [2.45, 2.75) is 4.90 Å². The molecule has 0 radical (unpaired) electrons. The third kappa shape index (κ3) is 5.50. The second-order valence-electron chi connectivity index (χ2n) is 6.29. The number of halogens is 2. The average molecular weight is 473 g/mol. The van der Waals surface area contributed by atoms with Gasteiger partial charge in [-0.25, -0.2) is 13.2 Å². The molecule has 3 rings (SSSR count). The van der Waals surface area contributed by atoms with Crippen molar-refractivity contribution in [1.29, 1.82) is 0 Å². The van der Waals surface area contributed by atoms with E-state index in [4.69, 9.17) is 32.7 Å². The van der Waals surface area contributed by atoms with Crippen LogP contribution >= 0.6 is 23.2 Å². The van der Waals surface area contributed by atoms with E-state index < -0.39 is 28.5 Å². The summed E-state index contributed by atoms with van der Waals surface area (Å²) in [6, 6.07) is 10.0. The first-order valence-electron chi connectivity index (χ1n) is 8.87. The Kier molecular flexibility index (Phi) is 7.32. The van der Waals surface area contributed by atoms with E-state index in [1.807, 2.05) is 0 Å². The lowest BCUT2D eigenvalue weighted by molar-refractivity contribution is -0.119. The van der Waals surface area contributed by atoms with E-state index in [1.54, 1.807) is 0 Å². The third-order valence-electron chi connectivity index (χ3n) is 4.23. The van der Waals surface area contributed by atoms with Crippen molar-refractivity contribution in [2.75, 3.05) is 38.2 Å². The molecule has 1 aliphatic heterocycles. The lowest BCUT2D eigenvalue weighted by atomic mass is 10.2. The van der Waals surface area contributed by atoms with Gasteiger partial charge in [0.1, 0.15) is 0 Å². The molecule has 1 saturated heterocycles. The summed E-state index contributed by atoms with van der Waals surface area (Å²) in [6.07, 6.45) is 0. The van der Waals surface area contributed by atoms with Gasteiger partial charge in [-0.1, -0.05) is 23.2 Å². The molecule has 1 N–H and O–H groups in total. The number of ether oxygens (including phenoxy) is 2. The Hall–Kier alpha value is -2.17. The smallest absolute Gasteiger partial charge is 0.338 e. The Morgan fingerprint density at radius 2 is 1.73 bits per heavy atom. The van der Waals surface area contributed by atoms with Gasteiger partial charge in [0, 0.05) is 18.1 Å². The van der Waals surface area contributed by atoms with Crippen LogP contribution in [0.2, 0.25) is 10.0 Å². The highest BCUT2D eigenvalue weighted by Crippen LogP contribution is 2.27. The van der Waals surface area contributed by atoms with Gasteiger partial charge in [-0.15, -0.1) is 0 Å². The molecule has 1 fully saturated rings. The minimum atomic E-state index is -3.76. The summed E-state index contributed by atoms with van der Waals surface area (Å²) in [4.78, 5) is 24.1. The van der Waals surface area contributed by atoms with Crippen LogP contribution < -0.4 is 5.32 Å². The standard InChI is InChI=1S/C19H18Cl2N2O6S/c20-14-3-1-13(2-4-14)19(25)29-12-18(24)22-17-11-15(5-6-16(17)21)30(26,27)23-7-9-28-10-8-23/h1-6,11H,7-10,12H2,(H,22,24). The normalized spacial score (nSPS) is 14.9. The fourth-order valence-corrected chi connectivity index (χ4v) is 4.41. The van der Waals surface area contributed by atoms with Gasteiger partial charge < -0.3 is 14.8 Å². The topological polar surface area (TPSA) is 102 Å². The molecule has 2 aromatic rings. The number of hydrogen-bond donors (Lipinski definition) is 1. The Morgan fingerprint density at radius 3 is 2.40 bits per heavy atom. The molecule has 160 valence electrons. The molecule has 0 saturated carbocycles. The molecule has 1 heterocycles. The minimum Gasteiger partial charge on any atom is -0.452 e. The van der Waals surface area contributed by atoms with E-state index >= 15 is 0 Å². The van der Waals surface area contributed by atoms with E-state index in [2.05, 4.69) is 5.32 Å². The molecule has 8 nitrogen and oxygen atoms in total. The van der Waals surface area contributed by atoms with Gasteiger partial charge in [0.15, 0.2) is 6.61 Å². The number of nitrogens with one attached hydrogen (secondary N) is 1. The SMILES string of the molecule is O=C(COC(=O)c1ccc(Cl)cc1)Nc1cc(S(=O)(=O)N2CCOCC2)ccc1Cl. The zero-order valence-electron chi connectivity index (χ0n) is 15.6. The number of hydrogen-bond acceptors (Lipinski definition) is 6. The first-order valence-corrected chi connectivity index (χ1v) is 11.1. The average Bonchev–Trinajstić information content (AvgIpc) is 2.74. The van der Waals surface area contributed by atoms with Crippen LogP contribution in [0.3, 0.4) is 0 Å². The Balaban J connectivity index is 1.65. The van der Waals surface area contributed by atoms with Crippen LogP contribution in [-0.2, 0) is 24.3 Å². The molecular weight excluding hydrogens is 455 g/mol. The van der Waals surface area contributed by atoms with Crippen LogP contribution in [0.1, 0.15) is 10.4 Å². The number of benzene rings is 2. The number of carbonyl (C=O) groups excluding carboxylic acids is 2. The number of carbonyl (C=O) groups is 2. The number of rotatable bonds is 6. The monoisotopic (exact) mass is 472 g/mol. The summed E-state index contributed by atoms with van der Waals surface area (Å²) in [6.45, 7) is 0.545. The number of nitrogens with zero attached hydrogens (tertiary/aromatic N) is 1. The molecule has 0 bridgehead atoms. The molecule has 30 heavy (non-hydrogen) atoms. The van der Waals surface area contributed by atoms with Crippen molar-refractivity contribution in [3.05, 3.63) is 58.1 Å². The predicted octanol–water partition coefficient (Wildman–Crippen LogP) is 2.81. The van der Waals surface area contributed by atoms with Gasteiger partial charge in [-0.2, -0.15) is 4.31 Å². The van der Waals surface area contributed by atoms with Gasteiger partial charge in [-0.3, -0.25) is 4.79 Å². The maximum atomic E-state index is 12.8. The Labute approximate surface area is 183 Å². The van der Waals surface area contributed by atoms with Crippen molar-refractivity contribution < 1.29 is 27.5 Å². The second kappa shape index (κ2) is 9.76. The second-order valence-corrected chi connectivity index (χ2v) is 9.07. The predicted molar refractivity (Wildman–Crippen MR) is 111 cm³/mol. The number of esters is 1. The van der Waals surface area contributed by atoms with Gasteiger partial charge in [0.05, 0.1) is 34.4 Å². The summed E-state index contributed by atoms with van der Waals surface area (Å²) in [5.41, 5.74) is 0.336. The van der Waals surface area contributed by atoms with Crippen LogP contribution in [0.15, 0.2) is 47.4 Å². The summed E-state index contributed by atoms with van der Waals surface area (Å²) in [7, 11) is -3.76. The lowest BCUT2D eigenvalue weighted by Gasteiger charge is -2.26. The highest BCUT2D eigenvalue weighted by molar-refractivity contribution is 7.89. The van der Waals surface area contributed by atoms with Gasteiger partial charge in [0.25, 0.3) is 5.91 Å². The van der Waals surface area contributed by atoms with Gasteiger partial charge in [-0.05, 0) is 42.5 Å². The quantitative estimate of drug-likeness (QED) is 0.648. The van der Waals surface area contributed by atoms with Crippen LogP contribution in [0.4, 0.5) is 5.69 Å². The Morgan fingerprint density at radius 1 is 1.07 bits per heavy atom. The molecule has 2 aromatic carbocycles. The summed E-state index contributed by atoms with van der Waals surface area (Å²) < 4.78 is 37.0. The molecule has 1 aliphatic rings. The highest BCUT2D eigenvalue weighted by Gasteiger charge is 2.27. The van der Waals surface area contributed by atoms with E-state index in [9.17, 15) is 18.0 Å². The van der Waals surface area contributed by atoms with Gasteiger partial charge >= 0.3 is 5.97 Å². The molecule has 0 aromatic heterocycles. The largest absolute Gasteiger partial charge is 0.452 e. The molecule has 1 amide bonds. The van der Waals surface area contributed by atoms with Crippen LogP contribution in [0.5, 0.6) is 0 Å². The zero-order valence-corrected chi connectivity index (χ0v) is 18.0. The summed E-state index contributed by atoms with van der Waals surface area (Å²) in [5, 5.41) is 3.08. The molecule has 0 spiro atoms. The lowest BCUT2D eigenvalue weighted by Crippen LogP contribution is -2.40. The van der Waals surface area contributed by atoms with Crippen LogP contribution in [0, 0.1) is 0 Å². The number of morpholine rings is 1. The number of sulfonamides is 1. The number of anilines is 1. The van der Waals surface area contributed by atoms with Crippen molar-refractivity contribution in [2.24, 2.45) is 0 Å². The van der Waals surface area contributed by atoms with Crippen molar-refractivity contribution in [1.82, 2.24) is 4.31 Å². The van der Waals surface area contributed by atoms with E-state index in [-0.39, 0.29) is 34.3 Å². The van der Waals surface area contributed by atoms with E-state index in [0.717, 1.165) is 0 Å².